The topological polar surface area (TPSA) is 99.2 Å². The molecule has 2 saturated heterocycles. The largest absolute Gasteiger partial charge is 0.482 e. The minimum atomic E-state index is -1.06. The standard InChI is InChI=1S/C19H25N3O5/c23-17(24)13-27-16-7-3-6-15(11-16)20-18(25)14-5-4-10-22(12-14)19(26)21-8-1-2-9-21/h3,6-7,11,14H,1-2,4-5,8-10,12-13H2,(H,20,25)(H,23,24). The summed E-state index contributed by atoms with van der Waals surface area (Å²) < 4.78 is 5.13. The van der Waals surface area contributed by atoms with Gasteiger partial charge in [0.05, 0.1) is 5.92 Å². The molecular weight excluding hydrogens is 350 g/mol. The Balaban J connectivity index is 1.56. The van der Waals surface area contributed by atoms with E-state index in [1.54, 1.807) is 29.2 Å². The molecule has 0 aliphatic carbocycles. The quantitative estimate of drug-likeness (QED) is 0.820. The normalized spacial score (nSPS) is 19.6. The number of carbonyl (C=O) groups excluding carboxylic acids is 2. The molecule has 0 radical (unpaired) electrons. The van der Waals surface area contributed by atoms with Crippen LogP contribution in [0.4, 0.5) is 10.5 Å². The van der Waals surface area contributed by atoms with Crippen LogP contribution in [0.2, 0.25) is 0 Å². The fourth-order valence-corrected chi connectivity index (χ4v) is 3.53. The molecule has 2 aliphatic rings. The lowest BCUT2D eigenvalue weighted by atomic mass is 9.97. The molecule has 2 heterocycles. The van der Waals surface area contributed by atoms with Gasteiger partial charge in [0.15, 0.2) is 6.61 Å². The van der Waals surface area contributed by atoms with Crippen LogP contribution < -0.4 is 10.1 Å². The summed E-state index contributed by atoms with van der Waals surface area (Å²) in [6.07, 6.45) is 3.64. The number of piperidine rings is 1. The molecular formula is C19H25N3O5. The highest BCUT2D eigenvalue weighted by atomic mass is 16.5. The first-order valence-corrected chi connectivity index (χ1v) is 9.32. The van der Waals surface area contributed by atoms with Gasteiger partial charge in [-0.25, -0.2) is 9.59 Å². The number of likely N-dealkylation sites (tertiary alicyclic amines) is 2. The van der Waals surface area contributed by atoms with E-state index in [1.165, 1.54) is 0 Å². The second-order valence-corrected chi connectivity index (χ2v) is 6.96. The third kappa shape index (κ3) is 5.12. The first-order valence-electron chi connectivity index (χ1n) is 9.32. The molecule has 2 aliphatic heterocycles. The summed E-state index contributed by atoms with van der Waals surface area (Å²) in [6.45, 7) is 2.28. The Morgan fingerprint density at radius 3 is 2.59 bits per heavy atom. The number of hydrogen-bond acceptors (Lipinski definition) is 4. The van der Waals surface area contributed by atoms with Gasteiger partial charge in [0.1, 0.15) is 5.75 Å². The Labute approximate surface area is 158 Å². The molecule has 0 spiro atoms. The van der Waals surface area contributed by atoms with E-state index in [0.29, 0.717) is 24.5 Å². The maximum Gasteiger partial charge on any atom is 0.341 e. The number of amides is 3. The first-order chi connectivity index (χ1) is 13.0. The molecule has 1 atom stereocenters. The van der Waals surface area contributed by atoms with E-state index >= 15 is 0 Å². The van der Waals surface area contributed by atoms with E-state index in [1.807, 2.05) is 4.90 Å². The van der Waals surface area contributed by atoms with E-state index in [4.69, 9.17) is 9.84 Å². The SMILES string of the molecule is O=C(O)COc1cccc(NC(=O)C2CCCN(C(=O)N3CCCC3)C2)c1. The van der Waals surface area contributed by atoms with E-state index in [-0.39, 0.29) is 17.9 Å². The van der Waals surface area contributed by atoms with Gasteiger partial charge < -0.3 is 25.0 Å². The van der Waals surface area contributed by atoms with E-state index in [9.17, 15) is 14.4 Å². The number of carboxylic acid groups (broad SMARTS) is 1. The maximum absolute atomic E-state index is 12.6. The Morgan fingerprint density at radius 1 is 1.11 bits per heavy atom. The number of carbonyl (C=O) groups is 3. The van der Waals surface area contributed by atoms with Crippen molar-refractivity contribution in [2.45, 2.75) is 25.7 Å². The minimum absolute atomic E-state index is 0.0362. The molecule has 3 amide bonds. The number of anilines is 1. The summed E-state index contributed by atoms with van der Waals surface area (Å²) >= 11 is 0. The number of rotatable bonds is 5. The zero-order chi connectivity index (χ0) is 19.2. The van der Waals surface area contributed by atoms with Crippen molar-refractivity contribution in [2.24, 2.45) is 5.92 Å². The van der Waals surface area contributed by atoms with Gasteiger partial charge in [-0.05, 0) is 37.8 Å². The summed E-state index contributed by atoms with van der Waals surface area (Å²) in [7, 11) is 0. The number of aliphatic carboxylic acids is 1. The molecule has 1 unspecified atom stereocenters. The van der Waals surface area contributed by atoms with Crippen molar-refractivity contribution in [3.63, 3.8) is 0 Å². The fraction of sp³-hybridized carbons (Fsp3) is 0.526. The third-order valence-corrected chi connectivity index (χ3v) is 4.90. The number of ether oxygens (including phenoxy) is 1. The zero-order valence-electron chi connectivity index (χ0n) is 15.2. The molecule has 146 valence electrons. The van der Waals surface area contributed by atoms with Crippen LogP contribution in [0.5, 0.6) is 5.75 Å². The highest BCUT2D eigenvalue weighted by molar-refractivity contribution is 5.93. The van der Waals surface area contributed by atoms with Gasteiger partial charge >= 0.3 is 12.0 Å². The number of nitrogens with one attached hydrogen (secondary N) is 1. The van der Waals surface area contributed by atoms with Gasteiger partial charge in [-0.3, -0.25) is 4.79 Å². The molecule has 1 aromatic carbocycles. The number of benzene rings is 1. The van der Waals surface area contributed by atoms with Gasteiger partial charge in [0.2, 0.25) is 5.91 Å². The molecule has 8 nitrogen and oxygen atoms in total. The van der Waals surface area contributed by atoms with Crippen molar-refractivity contribution in [2.75, 3.05) is 38.1 Å². The molecule has 8 heteroatoms. The predicted molar refractivity (Wildman–Crippen MR) is 98.7 cm³/mol. The van der Waals surface area contributed by atoms with Crippen molar-refractivity contribution in [3.05, 3.63) is 24.3 Å². The lowest BCUT2D eigenvalue weighted by Gasteiger charge is -2.34. The molecule has 0 bridgehead atoms. The Hall–Kier alpha value is -2.77. The summed E-state index contributed by atoms with van der Waals surface area (Å²) in [4.78, 5) is 39.4. The van der Waals surface area contributed by atoms with Crippen LogP contribution in [0.15, 0.2) is 24.3 Å². The average molecular weight is 375 g/mol. The van der Waals surface area contributed by atoms with Crippen LogP contribution in [0.25, 0.3) is 0 Å². The van der Waals surface area contributed by atoms with Crippen LogP contribution in [0, 0.1) is 5.92 Å². The number of carboxylic acids is 1. The number of nitrogens with zero attached hydrogens (tertiary/aromatic N) is 2. The van der Waals surface area contributed by atoms with Gasteiger partial charge in [0.25, 0.3) is 0 Å². The highest BCUT2D eigenvalue weighted by Crippen LogP contribution is 2.23. The monoisotopic (exact) mass is 375 g/mol. The summed E-state index contributed by atoms with van der Waals surface area (Å²) in [5, 5.41) is 11.5. The molecule has 3 rings (SSSR count). The van der Waals surface area contributed by atoms with Crippen molar-refractivity contribution < 1.29 is 24.2 Å². The summed E-state index contributed by atoms with van der Waals surface area (Å²) in [5.74, 6) is -1.07. The lowest BCUT2D eigenvalue weighted by Crippen LogP contribution is -2.48. The Morgan fingerprint density at radius 2 is 1.85 bits per heavy atom. The maximum atomic E-state index is 12.6. The Kier molecular flexibility index (Phi) is 6.16. The van der Waals surface area contributed by atoms with E-state index in [0.717, 1.165) is 38.8 Å². The van der Waals surface area contributed by atoms with E-state index < -0.39 is 12.6 Å². The van der Waals surface area contributed by atoms with Crippen molar-refractivity contribution >= 4 is 23.6 Å². The van der Waals surface area contributed by atoms with Crippen LogP contribution in [0.3, 0.4) is 0 Å². The van der Waals surface area contributed by atoms with Crippen LogP contribution >= 0.6 is 0 Å². The van der Waals surface area contributed by atoms with Crippen LogP contribution in [-0.4, -0.2) is 65.6 Å². The van der Waals surface area contributed by atoms with Gasteiger partial charge in [-0.2, -0.15) is 0 Å². The first kappa shape index (κ1) is 19.0. The second kappa shape index (κ2) is 8.75. The number of hydrogen-bond donors (Lipinski definition) is 2. The smallest absolute Gasteiger partial charge is 0.341 e. The van der Waals surface area contributed by atoms with Gasteiger partial charge in [-0.15, -0.1) is 0 Å². The lowest BCUT2D eigenvalue weighted by molar-refractivity contribution is -0.139. The average Bonchev–Trinajstić information content (AvgIpc) is 3.21. The molecule has 2 fully saturated rings. The third-order valence-electron chi connectivity index (χ3n) is 4.90. The van der Waals surface area contributed by atoms with Gasteiger partial charge in [-0.1, -0.05) is 6.07 Å². The molecule has 2 N–H and O–H groups in total. The molecule has 27 heavy (non-hydrogen) atoms. The molecule has 0 saturated carbocycles. The predicted octanol–water partition coefficient (Wildman–Crippen LogP) is 2.02. The van der Waals surface area contributed by atoms with Crippen molar-refractivity contribution in [1.82, 2.24) is 9.80 Å². The summed E-state index contributed by atoms with van der Waals surface area (Å²) in [5.41, 5.74) is 0.547. The highest BCUT2D eigenvalue weighted by Gasteiger charge is 2.31. The van der Waals surface area contributed by atoms with Crippen molar-refractivity contribution in [3.8, 4) is 5.75 Å². The molecule has 0 aromatic heterocycles. The fourth-order valence-electron chi connectivity index (χ4n) is 3.53. The van der Waals surface area contributed by atoms with E-state index in [2.05, 4.69) is 5.32 Å². The van der Waals surface area contributed by atoms with Crippen molar-refractivity contribution in [1.29, 1.82) is 0 Å². The number of urea groups is 1. The Bertz CT molecular complexity index is 702. The van der Waals surface area contributed by atoms with Crippen LogP contribution in [0.1, 0.15) is 25.7 Å². The second-order valence-electron chi connectivity index (χ2n) is 6.96. The minimum Gasteiger partial charge on any atom is -0.482 e. The summed E-state index contributed by atoms with van der Waals surface area (Å²) in [6, 6.07) is 6.68. The molecule has 1 aromatic rings. The zero-order valence-corrected chi connectivity index (χ0v) is 15.2. The van der Waals surface area contributed by atoms with Crippen LogP contribution in [-0.2, 0) is 9.59 Å². The van der Waals surface area contributed by atoms with Gasteiger partial charge in [0, 0.05) is 37.9 Å².